The number of imide groups is 1. The van der Waals surface area contributed by atoms with Crippen molar-refractivity contribution in [2.45, 2.75) is 96.0 Å². The number of anilines is 5. The number of amides is 4. The van der Waals surface area contributed by atoms with Crippen molar-refractivity contribution in [2.75, 3.05) is 66.4 Å². The number of aromatic nitrogens is 3. The summed E-state index contributed by atoms with van der Waals surface area (Å²) in [6.45, 7) is 7.52. The zero-order valence-corrected chi connectivity index (χ0v) is 39.3. The molecule has 16 nitrogen and oxygen atoms in total. The maximum absolute atomic E-state index is 14.0. The first-order valence-corrected chi connectivity index (χ1v) is 24.8. The number of aliphatic hydroxyl groups excluding tert-OH is 1. The van der Waals surface area contributed by atoms with Crippen molar-refractivity contribution in [3.8, 4) is 17.0 Å². The summed E-state index contributed by atoms with van der Waals surface area (Å²) < 4.78 is 5.67. The fourth-order valence-corrected chi connectivity index (χ4v) is 12.8. The van der Waals surface area contributed by atoms with Gasteiger partial charge in [0.05, 0.1) is 30.5 Å². The third-order valence-electron chi connectivity index (χ3n) is 15.0. The quantitative estimate of drug-likeness (QED) is 0.142. The number of carbonyl (C=O) groups excluding carboxylic acids is 4. The van der Waals surface area contributed by atoms with Crippen LogP contribution in [-0.4, -0.2) is 118 Å². The van der Waals surface area contributed by atoms with Crippen LogP contribution in [-0.2, 0) is 42.0 Å². The third kappa shape index (κ3) is 8.03. The number of fused-ring (bicyclic) bond motifs is 4. The lowest BCUT2D eigenvalue weighted by Gasteiger charge is -2.46. The second-order valence-corrected chi connectivity index (χ2v) is 20.0. The summed E-state index contributed by atoms with van der Waals surface area (Å²) in [4.78, 5) is 78.6. The van der Waals surface area contributed by atoms with Gasteiger partial charge in [-0.25, -0.2) is 15.0 Å². The van der Waals surface area contributed by atoms with Gasteiger partial charge in [-0.05, 0) is 123 Å². The first-order valence-electron chi connectivity index (χ1n) is 24.0. The van der Waals surface area contributed by atoms with Crippen LogP contribution in [0.4, 0.5) is 28.7 Å². The van der Waals surface area contributed by atoms with Gasteiger partial charge in [0.15, 0.2) is 0 Å². The Kier molecular flexibility index (Phi) is 11.8. The van der Waals surface area contributed by atoms with Gasteiger partial charge in [-0.15, -0.1) is 11.3 Å². The minimum absolute atomic E-state index is 0.0408. The average Bonchev–Trinajstić information content (AvgIpc) is 3.91. The first-order chi connectivity index (χ1) is 33.1. The number of thiophene rings is 1. The zero-order chi connectivity index (χ0) is 46.6. The topological polar surface area (TPSA) is 177 Å². The van der Waals surface area contributed by atoms with E-state index in [0.717, 1.165) is 97.8 Å². The number of nitrogens with zero attached hydrogens (tertiary/aromatic N) is 8. The number of aliphatic hydroxyl groups is 1. The van der Waals surface area contributed by atoms with Crippen molar-refractivity contribution in [1.82, 2.24) is 30.1 Å². The van der Waals surface area contributed by atoms with E-state index in [1.807, 2.05) is 36.5 Å². The largest absolute Gasteiger partial charge is 0.480 e. The molecule has 17 heteroatoms. The fourth-order valence-electron chi connectivity index (χ4n) is 11.4. The molecule has 68 heavy (non-hydrogen) atoms. The van der Waals surface area contributed by atoms with Crippen molar-refractivity contribution >= 4 is 63.7 Å². The van der Waals surface area contributed by atoms with Crippen LogP contribution >= 0.6 is 11.3 Å². The molecule has 0 spiro atoms. The minimum Gasteiger partial charge on any atom is -0.480 e. The predicted octanol–water partition coefficient (Wildman–Crippen LogP) is 5.87. The van der Waals surface area contributed by atoms with E-state index in [9.17, 15) is 24.3 Å². The van der Waals surface area contributed by atoms with Crippen LogP contribution in [0.3, 0.4) is 0 Å². The summed E-state index contributed by atoms with van der Waals surface area (Å²) in [5.41, 5.74) is 9.01. The Morgan fingerprint density at radius 2 is 1.66 bits per heavy atom. The van der Waals surface area contributed by atoms with E-state index in [4.69, 9.17) is 9.72 Å². The second-order valence-electron chi connectivity index (χ2n) is 18.8. The van der Waals surface area contributed by atoms with Gasteiger partial charge >= 0.3 is 0 Å². The van der Waals surface area contributed by atoms with Crippen molar-refractivity contribution in [3.63, 3.8) is 0 Å². The lowest BCUT2D eigenvalue weighted by molar-refractivity contribution is -0.136. The van der Waals surface area contributed by atoms with Crippen LogP contribution in [0, 0.1) is 0 Å². The molecule has 0 bridgehead atoms. The molecule has 0 saturated carbocycles. The third-order valence-corrected chi connectivity index (χ3v) is 16.3. The predicted molar refractivity (Wildman–Crippen MR) is 260 cm³/mol. The van der Waals surface area contributed by atoms with Gasteiger partial charge in [-0.1, -0.05) is 0 Å². The van der Waals surface area contributed by atoms with Gasteiger partial charge < -0.3 is 29.9 Å². The Bertz CT molecular complexity index is 2810. The number of pyridine rings is 3. The molecule has 9 heterocycles. The highest BCUT2D eigenvalue weighted by atomic mass is 32.1. The number of benzene rings is 1. The molecule has 4 aromatic heterocycles. The van der Waals surface area contributed by atoms with Crippen LogP contribution in [0.25, 0.3) is 11.1 Å². The molecule has 11 rings (SSSR count). The molecule has 0 radical (unpaired) electrons. The number of ether oxygens (including phenoxy) is 1. The number of rotatable bonds is 10. The summed E-state index contributed by atoms with van der Waals surface area (Å²) in [7, 11) is 1.58. The van der Waals surface area contributed by atoms with E-state index in [2.05, 4.69) is 54.4 Å². The smallest absolute Gasteiger partial charge is 0.269 e. The minimum atomic E-state index is -0.613. The van der Waals surface area contributed by atoms with Crippen LogP contribution < -0.4 is 30.1 Å². The monoisotopic (exact) mass is 936 g/mol. The second kappa shape index (κ2) is 18.2. The Balaban J connectivity index is 0.713. The first kappa shape index (κ1) is 44.1. The number of hydrogen-bond acceptors (Lipinski definition) is 14. The summed E-state index contributed by atoms with van der Waals surface area (Å²) in [6.07, 6.45) is 13.2. The SMILES string of the molecule is COc1ncc(-c2ccnc(N3CCc4c(sc5c4CCCC5)C3=O)c2CO)cc1Nc1ccc(N2CCN(C3CCN(c4ccc5c(c4)CN([C@H]4CCC(=O)NC4=O)C5=O)CC3)C[C@@H]2C)cn1. The molecular weight excluding hydrogens is 881 g/mol. The highest BCUT2D eigenvalue weighted by Crippen LogP contribution is 2.41. The fraction of sp³-hybridized carbons (Fsp3) is 0.431. The van der Waals surface area contributed by atoms with Crippen LogP contribution in [0.15, 0.2) is 61.1 Å². The number of carbonyl (C=O) groups is 4. The van der Waals surface area contributed by atoms with E-state index in [1.165, 1.54) is 28.8 Å². The Labute approximate surface area is 399 Å². The van der Waals surface area contributed by atoms with Crippen LogP contribution in [0.2, 0.25) is 0 Å². The summed E-state index contributed by atoms with van der Waals surface area (Å²) in [5.74, 6) is 0.656. The number of hydrogen-bond donors (Lipinski definition) is 3. The number of piperidine rings is 2. The van der Waals surface area contributed by atoms with E-state index >= 15 is 0 Å². The van der Waals surface area contributed by atoms with E-state index < -0.39 is 6.04 Å². The number of methoxy groups -OCH3 is 1. The molecule has 3 saturated heterocycles. The van der Waals surface area contributed by atoms with Gasteiger partial charge in [0.25, 0.3) is 11.8 Å². The van der Waals surface area contributed by atoms with Gasteiger partial charge in [0, 0.05) is 104 Å². The van der Waals surface area contributed by atoms with Gasteiger partial charge in [-0.2, -0.15) is 0 Å². The van der Waals surface area contributed by atoms with Crippen molar-refractivity contribution in [1.29, 1.82) is 0 Å². The molecule has 352 valence electrons. The van der Waals surface area contributed by atoms with E-state index in [-0.39, 0.29) is 42.7 Å². The summed E-state index contributed by atoms with van der Waals surface area (Å²) in [6, 6.07) is 14.0. The van der Waals surface area contributed by atoms with Gasteiger partial charge in [0.2, 0.25) is 17.7 Å². The van der Waals surface area contributed by atoms with Gasteiger partial charge in [0.1, 0.15) is 23.4 Å². The normalized spacial score (nSPS) is 21.2. The molecule has 5 aromatic rings. The zero-order valence-electron chi connectivity index (χ0n) is 38.5. The number of piperazine rings is 1. The van der Waals surface area contributed by atoms with Crippen LogP contribution in [0.1, 0.15) is 92.6 Å². The Morgan fingerprint density at radius 3 is 2.44 bits per heavy atom. The summed E-state index contributed by atoms with van der Waals surface area (Å²) >= 11 is 1.64. The molecule has 4 amide bonds. The standard InChI is InChI=1S/C51H56N10O6S/c1-30-27-58(33-14-18-57(19-15-33)34-7-9-37-32(23-34)28-61(50(37)65)42-10-12-45(63)56-48(42)64)21-22-59(30)35-8-11-44(53-26-35)55-41-24-31(25-54-49(41)67-2)36-13-17-52-47(40(36)29-62)60-20-16-39-38-5-3-4-6-43(38)68-46(39)51(60)66/h7-9,11,13,17,23-26,30,33,42,62H,3-6,10,12,14-16,18-22,27-29H2,1-2H3,(H,53,55)(H,56,63,64)/t30-,42-/m0/s1. The molecular formula is C51H56N10O6S. The van der Waals surface area contributed by atoms with Crippen LogP contribution in [0.5, 0.6) is 5.88 Å². The van der Waals surface area contributed by atoms with E-state index in [0.29, 0.717) is 59.9 Å². The molecule has 1 aliphatic carbocycles. The van der Waals surface area contributed by atoms with E-state index in [1.54, 1.807) is 40.6 Å². The lowest BCUT2D eigenvalue weighted by atomic mass is 9.92. The molecule has 0 unspecified atom stereocenters. The van der Waals surface area contributed by atoms with Crippen molar-refractivity contribution in [2.24, 2.45) is 0 Å². The molecule has 1 aromatic carbocycles. The molecule has 5 aliphatic heterocycles. The number of nitrogens with one attached hydrogen (secondary N) is 2. The average molecular weight is 937 g/mol. The Morgan fingerprint density at radius 1 is 0.824 bits per heavy atom. The highest BCUT2D eigenvalue weighted by molar-refractivity contribution is 7.14. The van der Waals surface area contributed by atoms with Crippen molar-refractivity contribution < 1.29 is 29.0 Å². The maximum atomic E-state index is 14.0. The summed E-state index contributed by atoms with van der Waals surface area (Å²) in [5, 5.41) is 16.6. The molecule has 6 aliphatic rings. The van der Waals surface area contributed by atoms with Gasteiger partial charge in [-0.3, -0.25) is 34.3 Å². The maximum Gasteiger partial charge on any atom is 0.269 e. The lowest BCUT2D eigenvalue weighted by Crippen LogP contribution is -2.57. The molecule has 2 atom stereocenters. The number of aryl methyl sites for hydroxylation is 1. The molecule has 3 N–H and O–H groups in total. The Hall–Kier alpha value is -6.43. The molecule has 3 fully saturated rings. The van der Waals surface area contributed by atoms with Crippen molar-refractivity contribution in [3.05, 3.63) is 98.6 Å². The highest BCUT2D eigenvalue weighted by Gasteiger charge is 2.40.